The molecule has 1 aromatic rings. The van der Waals surface area contributed by atoms with E-state index in [2.05, 4.69) is 10.3 Å². The predicted molar refractivity (Wildman–Crippen MR) is 101 cm³/mol. The average Bonchev–Trinajstić information content (AvgIpc) is 2.44. The van der Waals surface area contributed by atoms with Crippen LogP contribution in [0.3, 0.4) is 0 Å². The molecule has 0 radical (unpaired) electrons. The van der Waals surface area contributed by atoms with Gasteiger partial charge in [-0.15, -0.1) is 24.0 Å². The van der Waals surface area contributed by atoms with Gasteiger partial charge in [0.2, 0.25) is 5.91 Å². The Balaban J connectivity index is 0.00000576. The number of aliphatic imine (C=N–C) groups is 1. The number of carbonyl (C=O) groups is 1. The molecule has 10 heteroatoms. The number of rotatable bonds is 6. The number of hydrogen-bond acceptors (Lipinski definition) is 3. The number of amides is 1. The molecule has 25 heavy (non-hydrogen) atoms. The number of benzene rings is 1. The third-order valence-corrected chi connectivity index (χ3v) is 2.73. The van der Waals surface area contributed by atoms with Crippen molar-refractivity contribution in [3.05, 3.63) is 24.3 Å². The molecule has 0 spiro atoms. The van der Waals surface area contributed by atoms with Gasteiger partial charge in [0.25, 0.3) is 0 Å². The highest BCUT2D eigenvalue weighted by atomic mass is 127. The normalized spacial score (nSPS) is 11.7. The second kappa shape index (κ2) is 10.3. The summed E-state index contributed by atoms with van der Waals surface area (Å²) in [7, 11) is 1.06. The van der Waals surface area contributed by atoms with Crippen molar-refractivity contribution in [3.8, 4) is 5.75 Å². The molecule has 1 amide bonds. The van der Waals surface area contributed by atoms with E-state index >= 15 is 0 Å². The first-order valence-corrected chi connectivity index (χ1v) is 7.21. The number of anilines is 1. The number of carbonyl (C=O) groups excluding carboxylic acids is 1. The van der Waals surface area contributed by atoms with Crippen molar-refractivity contribution in [1.29, 1.82) is 0 Å². The van der Waals surface area contributed by atoms with Crippen molar-refractivity contribution in [2.24, 2.45) is 10.7 Å². The quantitative estimate of drug-likeness (QED) is 0.378. The maximum atomic E-state index is 12.2. The molecule has 0 heterocycles. The number of hydrogen-bond donors (Lipinski definition) is 2. The number of halogens is 4. The smallest absolute Gasteiger partial charge is 0.406 e. The minimum Gasteiger partial charge on any atom is -0.491 e. The molecule has 0 saturated carbocycles. The Bertz CT molecular complexity index is 577. The van der Waals surface area contributed by atoms with Gasteiger partial charge >= 0.3 is 6.18 Å². The molecule has 3 N–H and O–H groups in total. The summed E-state index contributed by atoms with van der Waals surface area (Å²) in [6.45, 7) is 2.01. The summed E-state index contributed by atoms with van der Waals surface area (Å²) in [4.78, 5) is 15.8. The third-order valence-electron chi connectivity index (χ3n) is 2.73. The predicted octanol–water partition coefficient (Wildman–Crippen LogP) is 2.84. The fourth-order valence-electron chi connectivity index (χ4n) is 1.71. The molecular formula is C15H22F3IN4O2. The minimum atomic E-state index is -4.45. The molecule has 0 atom stereocenters. The van der Waals surface area contributed by atoms with Gasteiger partial charge in [0.15, 0.2) is 5.96 Å². The zero-order valence-corrected chi connectivity index (χ0v) is 16.5. The SMILES string of the molecule is CC(C)Oc1ccc(NC(N)=NCC(=O)N(C)CC(F)(F)F)cc1.I. The van der Waals surface area contributed by atoms with E-state index in [1.54, 1.807) is 24.3 Å². The lowest BCUT2D eigenvalue weighted by molar-refractivity contribution is -0.157. The van der Waals surface area contributed by atoms with E-state index in [1.807, 2.05) is 13.8 Å². The Labute approximate surface area is 161 Å². The number of nitrogens with one attached hydrogen (secondary N) is 1. The van der Waals surface area contributed by atoms with E-state index in [1.165, 1.54) is 0 Å². The highest BCUT2D eigenvalue weighted by Crippen LogP contribution is 2.17. The molecule has 0 aliphatic heterocycles. The van der Waals surface area contributed by atoms with Crippen LogP contribution in [0.25, 0.3) is 0 Å². The van der Waals surface area contributed by atoms with Crippen LogP contribution < -0.4 is 15.8 Å². The summed E-state index contributed by atoms with van der Waals surface area (Å²) in [6.07, 6.45) is -4.40. The van der Waals surface area contributed by atoms with Crippen molar-refractivity contribution < 1.29 is 22.7 Å². The van der Waals surface area contributed by atoms with Crippen LogP contribution in [-0.4, -0.2) is 49.2 Å². The molecule has 0 saturated heterocycles. The van der Waals surface area contributed by atoms with E-state index in [-0.39, 0.29) is 36.0 Å². The van der Waals surface area contributed by atoms with Gasteiger partial charge in [-0.3, -0.25) is 4.79 Å². The van der Waals surface area contributed by atoms with Gasteiger partial charge in [-0.2, -0.15) is 13.2 Å². The number of ether oxygens (including phenoxy) is 1. The van der Waals surface area contributed by atoms with Crippen LogP contribution in [0.4, 0.5) is 18.9 Å². The van der Waals surface area contributed by atoms with Crippen LogP contribution in [0.2, 0.25) is 0 Å². The van der Waals surface area contributed by atoms with Crippen molar-refractivity contribution in [2.75, 3.05) is 25.5 Å². The number of likely N-dealkylation sites (N-methyl/N-ethyl adjacent to an activating group) is 1. The van der Waals surface area contributed by atoms with E-state index in [4.69, 9.17) is 10.5 Å². The summed E-state index contributed by atoms with van der Waals surface area (Å²) in [5, 5.41) is 2.74. The third kappa shape index (κ3) is 9.99. The maximum absolute atomic E-state index is 12.2. The molecule has 0 fully saturated rings. The standard InChI is InChI=1S/C15H21F3N4O2.HI/c1-10(2)24-12-6-4-11(5-7-12)21-14(19)20-8-13(23)22(3)9-15(16,17)18;/h4-7,10H,8-9H2,1-3H3,(H3,19,20,21);1H. The van der Waals surface area contributed by atoms with E-state index in [9.17, 15) is 18.0 Å². The molecular weight excluding hydrogens is 452 g/mol. The van der Waals surface area contributed by atoms with Crippen LogP contribution in [0, 0.1) is 0 Å². The van der Waals surface area contributed by atoms with Gasteiger partial charge < -0.3 is 20.7 Å². The summed E-state index contributed by atoms with van der Waals surface area (Å²) < 4.78 is 42.1. The minimum absolute atomic E-state index is 0. The molecule has 6 nitrogen and oxygen atoms in total. The number of alkyl halides is 3. The zero-order valence-electron chi connectivity index (χ0n) is 14.1. The van der Waals surface area contributed by atoms with Gasteiger partial charge in [-0.1, -0.05) is 0 Å². The van der Waals surface area contributed by atoms with Gasteiger partial charge in [-0.25, -0.2) is 4.99 Å². The van der Waals surface area contributed by atoms with Crippen LogP contribution in [0.15, 0.2) is 29.3 Å². The molecule has 0 bridgehead atoms. The van der Waals surface area contributed by atoms with Crippen molar-refractivity contribution >= 4 is 41.5 Å². The Morgan fingerprint density at radius 1 is 1.32 bits per heavy atom. The monoisotopic (exact) mass is 474 g/mol. The summed E-state index contributed by atoms with van der Waals surface area (Å²) in [6, 6.07) is 6.88. The molecule has 0 aliphatic rings. The van der Waals surface area contributed by atoms with E-state index in [0.717, 1.165) is 7.05 Å². The van der Waals surface area contributed by atoms with Gasteiger partial charge in [0, 0.05) is 12.7 Å². The van der Waals surface area contributed by atoms with Crippen molar-refractivity contribution in [3.63, 3.8) is 0 Å². The lowest BCUT2D eigenvalue weighted by Gasteiger charge is -2.18. The number of nitrogens with two attached hydrogens (primary N) is 1. The Morgan fingerprint density at radius 2 is 1.88 bits per heavy atom. The lowest BCUT2D eigenvalue weighted by Crippen LogP contribution is -2.37. The molecule has 142 valence electrons. The van der Waals surface area contributed by atoms with Crippen LogP contribution in [-0.2, 0) is 4.79 Å². The lowest BCUT2D eigenvalue weighted by atomic mass is 10.3. The first-order valence-electron chi connectivity index (χ1n) is 7.21. The van der Waals surface area contributed by atoms with Crippen LogP contribution >= 0.6 is 24.0 Å². The van der Waals surface area contributed by atoms with E-state index < -0.39 is 25.2 Å². The maximum Gasteiger partial charge on any atom is 0.406 e. The van der Waals surface area contributed by atoms with Gasteiger partial charge in [-0.05, 0) is 38.1 Å². The molecule has 0 unspecified atom stereocenters. The Morgan fingerprint density at radius 3 is 2.36 bits per heavy atom. The first-order chi connectivity index (χ1) is 11.1. The first kappa shape index (κ1) is 23.3. The number of nitrogens with zero attached hydrogens (tertiary/aromatic N) is 2. The van der Waals surface area contributed by atoms with Crippen molar-refractivity contribution in [2.45, 2.75) is 26.1 Å². The summed E-state index contributed by atoms with van der Waals surface area (Å²) in [5.74, 6) is -0.158. The van der Waals surface area contributed by atoms with Crippen LogP contribution in [0.1, 0.15) is 13.8 Å². The molecule has 0 aromatic heterocycles. The highest BCUT2D eigenvalue weighted by Gasteiger charge is 2.30. The van der Waals surface area contributed by atoms with Crippen LogP contribution in [0.5, 0.6) is 5.75 Å². The van der Waals surface area contributed by atoms with Gasteiger partial charge in [0.1, 0.15) is 18.8 Å². The zero-order chi connectivity index (χ0) is 18.3. The van der Waals surface area contributed by atoms with E-state index in [0.29, 0.717) is 16.3 Å². The van der Waals surface area contributed by atoms with Gasteiger partial charge in [0.05, 0.1) is 6.10 Å². The fraction of sp³-hybridized carbons (Fsp3) is 0.467. The second-order valence-electron chi connectivity index (χ2n) is 5.38. The topological polar surface area (TPSA) is 80.0 Å². The summed E-state index contributed by atoms with van der Waals surface area (Å²) >= 11 is 0. The number of guanidine groups is 1. The van der Waals surface area contributed by atoms with Crippen molar-refractivity contribution in [1.82, 2.24) is 4.90 Å². The molecule has 1 aromatic carbocycles. The highest BCUT2D eigenvalue weighted by molar-refractivity contribution is 14.0. The fourth-order valence-corrected chi connectivity index (χ4v) is 1.71. The molecule has 0 aliphatic carbocycles. The average molecular weight is 474 g/mol. The Kier molecular flexibility index (Phi) is 9.60. The second-order valence-corrected chi connectivity index (χ2v) is 5.38. The Hall–Kier alpha value is -1.72. The summed E-state index contributed by atoms with van der Waals surface area (Å²) in [5.41, 5.74) is 6.23. The molecule has 1 rings (SSSR count). The largest absolute Gasteiger partial charge is 0.491 e.